The largest absolute Gasteiger partial charge is 0.399 e. The van der Waals surface area contributed by atoms with Gasteiger partial charge in [0.1, 0.15) is 0 Å². The fourth-order valence-corrected chi connectivity index (χ4v) is 4.97. The van der Waals surface area contributed by atoms with E-state index in [1.165, 1.54) is 6.07 Å². The van der Waals surface area contributed by atoms with E-state index in [1.807, 2.05) is 0 Å². The highest BCUT2D eigenvalue weighted by Crippen LogP contribution is 2.37. The highest BCUT2D eigenvalue weighted by Gasteiger charge is 2.38. The molecule has 1 aromatic rings. The van der Waals surface area contributed by atoms with E-state index in [0.29, 0.717) is 29.2 Å². The van der Waals surface area contributed by atoms with E-state index in [4.69, 9.17) is 5.73 Å². The van der Waals surface area contributed by atoms with Crippen LogP contribution in [0.15, 0.2) is 27.6 Å². The third kappa shape index (κ3) is 3.02. The van der Waals surface area contributed by atoms with Gasteiger partial charge < -0.3 is 5.73 Å². The quantitative estimate of drug-likeness (QED) is 0.824. The van der Waals surface area contributed by atoms with Crippen molar-refractivity contribution in [1.29, 1.82) is 0 Å². The molecule has 0 aromatic heterocycles. The lowest BCUT2D eigenvalue weighted by atomic mass is 9.80. The molecular formula is C14H21BrN2O2S. The Morgan fingerprint density at radius 3 is 2.55 bits per heavy atom. The van der Waals surface area contributed by atoms with E-state index >= 15 is 0 Å². The van der Waals surface area contributed by atoms with Crippen LogP contribution in [0.2, 0.25) is 0 Å². The van der Waals surface area contributed by atoms with Crippen LogP contribution in [0.3, 0.4) is 0 Å². The van der Waals surface area contributed by atoms with Crippen molar-refractivity contribution in [3.05, 3.63) is 22.7 Å². The maximum Gasteiger partial charge on any atom is 0.244 e. The average molecular weight is 361 g/mol. The van der Waals surface area contributed by atoms with Crippen LogP contribution in [0.1, 0.15) is 27.2 Å². The predicted molar refractivity (Wildman–Crippen MR) is 84.9 cm³/mol. The van der Waals surface area contributed by atoms with Crippen molar-refractivity contribution in [3.8, 4) is 0 Å². The summed E-state index contributed by atoms with van der Waals surface area (Å²) in [5, 5.41) is 0. The smallest absolute Gasteiger partial charge is 0.244 e. The topological polar surface area (TPSA) is 63.4 Å². The number of rotatable bonds is 2. The Labute approximate surface area is 129 Å². The fourth-order valence-electron chi connectivity index (χ4n) is 2.51. The summed E-state index contributed by atoms with van der Waals surface area (Å²) in [5.41, 5.74) is 6.29. The summed E-state index contributed by atoms with van der Waals surface area (Å²) in [6, 6.07) is 4.88. The monoisotopic (exact) mass is 360 g/mol. The van der Waals surface area contributed by atoms with Crippen molar-refractivity contribution in [3.63, 3.8) is 0 Å². The minimum Gasteiger partial charge on any atom is -0.399 e. The molecule has 1 atom stereocenters. The first kappa shape index (κ1) is 15.8. The summed E-state index contributed by atoms with van der Waals surface area (Å²) in [4.78, 5) is 0.257. The highest BCUT2D eigenvalue weighted by molar-refractivity contribution is 9.10. The van der Waals surface area contributed by atoms with E-state index in [9.17, 15) is 8.42 Å². The SMILES string of the molecule is CC(C)(C)C1CCN(S(=O)(=O)c2cc(N)ccc2Br)C1. The summed E-state index contributed by atoms with van der Waals surface area (Å²) in [5.74, 6) is 0.386. The van der Waals surface area contributed by atoms with Gasteiger partial charge in [-0.2, -0.15) is 4.31 Å². The zero-order chi connectivity index (χ0) is 15.1. The van der Waals surface area contributed by atoms with Crippen LogP contribution in [-0.4, -0.2) is 25.8 Å². The molecule has 1 fully saturated rings. The number of nitrogens with two attached hydrogens (primary N) is 1. The molecule has 0 aliphatic carbocycles. The lowest BCUT2D eigenvalue weighted by molar-refractivity contribution is 0.252. The normalized spacial score (nSPS) is 21.3. The van der Waals surface area contributed by atoms with Crippen LogP contribution in [0, 0.1) is 11.3 Å². The van der Waals surface area contributed by atoms with E-state index in [0.717, 1.165) is 6.42 Å². The Kier molecular flexibility index (Phi) is 4.19. The number of benzene rings is 1. The Hall–Kier alpha value is -0.590. The molecular weight excluding hydrogens is 340 g/mol. The van der Waals surface area contributed by atoms with Crippen molar-refractivity contribution in [1.82, 2.24) is 4.31 Å². The third-order valence-electron chi connectivity index (χ3n) is 3.95. The second-order valence-electron chi connectivity index (χ2n) is 6.40. The number of nitrogen functional groups attached to an aromatic ring is 1. The lowest BCUT2D eigenvalue weighted by Crippen LogP contribution is -2.31. The van der Waals surface area contributed by atoms with Crippen LogP contribution in [-0.2, 0) is 10.0 Å². The van der Waals surface area contributed by atoms with E-state index < -0.39 is 10.0 Å². The van der Waals surface area contributed by atoms with Gasteiger partial charge in [0.15, 0.2) is 0 Å². The lowest BCUT2D eigenvalue weighted by Gasteiger charge is -2.27. The molecule has 6 heteroatoms. The predicted octanol–water partition coefficient (Wildman–Crippen LogP) is 3.09. The minimum absolute atomic E-state index is 0.122. The third-order valence-corrected chi connectivity index (χ3v) is 6.81. The van der Waals surface area contributed by atoms with Gasteiger partial charge in [0, 0.05) is 23.2 Å². The molecule has 0 amide bonds. The summed E-state index contributed by atoms with van der Waals surface area (Å²) in [6.45, 7) is 7.62. The van der Waals surface area contributed by atoms with Crippen molar-refractivity contribution < 1.29 is 8.42 Å². The maximum atomic E-state index is 12.7. The first-order valence-electron chi connectivity index (χ1n) is 6.67. The van der Waals surface area contributed by atoms with Crippen molar-refractivity contribution >= 4 is 31.6 Å². The van der Waals surface area contributed by atoms with Crippen molar-refractivity contribution in [2.24, 2.45) is 11.3 Å². The molecule has 1 aliphatic rings. The number of hydrogen-bond donors (Lipinski definition) is 1. The summed E-state index contributed by atoms with van der Waals surface area (Å²) < 4.78 is 27.6. The minimum atomic E-state index is -3.48. The van der Waals surface area contributed by atoms with Gasteiger partial charge in [-0.15, -0.1) is 0 Å². The molecule has 0 radical (unpaired) electrons. The first-order valence-corrected chi connectivity index (χ1v) is 8.91. The van der Waals surface area contributed by atoms with E-state index in [-0.39, 0.29) is 10.3 Å². The number of sulfonamides is 1. The van der Waals surface area contributed by atoms with Crippen molar-refractivity contribution in [2.45, 2.75) is 32.1 Å². The molecule has 1 unspecified atom stereocenters. The molecule has 4 nitrogen and oxygen atoms in total. The molecule has 0 bridgehead atoms. The zero-order valence-electron chi connectivity index (χ0n) is 12.1. The molecule has 2 N–H and O–H groups in total. The van der Waals surface area contributed by atoms with Crippen LogP contribution in [0.5, 0.6) is 0 Å². The molecule has 0 saturated carbocycles. The Bertz CT molecular complexity index is 608. The maximum absolute atomic E-state index is 12.7. The second kappa shape index (κ2) is 5.31. The molecule has 112 valence electrons. The average Bonchev–Trinajstić information content (AvgIpc) is 2.82. The molecule has 1 heterocycles. The number of anilines is 1. The molecule has 20 heavy (non-hydrogen) atoms. The van der Waals surface area contributed by atoms with Crippen LogP contribution < -0.4 is 5.73 Å². The summed E-state index contributed by atoms with van der Waals surface area (Å²) in [6.07, 6.45) is 0.905. The first-order chi connectivity index (χ1) is 9.12. The van der Waals surface area contributed by atoms with E-state index in [2.05, 4.69) is 36.7 Å². The van der Waals surface area contributed by atoms with Gasteiger partial charge in [-0.05, 0) is 51.9 Å². The number of hydrogen-bond acceptors (Lipinski definition) is 3. The van der Waals surface area contributed by atoms with Gasteiger partial charge in [-0.25, -0.2) is 8.42 Å². The zero-order valence-corrected chi connectivity index (χ0v) is 14.5. The van der Waals surface area contributed by atoms with Gasteiger partial charge in [-0.3, -0.25) is 0 Å². The molecule has 1 aliphatic heterocycles. The standard InChI is InChI=1S/C14H21BrN2O2S/c1-14(2,3)10-6-7-17(9-10)20(18,19)13-8-11(16)4-5-12(13)15/h4-5,8,10H,6-7,9,16H2,1-3H3. The Morgan fingerprint density at radius 2 is 2.00 bits per heavy atom. The molecule has 1 aromatic carbocycles. The molecule has 2 rings (SSSR count). The Balaban J connectivity index is 2.31. The van der Waals surface area contributed by atoms with Crippen LogP contribution >= 0.6 is 15.9 Å². The van der Waals surface area contributed by atoms with Gasteiger partial charge in [-0.1, -0.05) is 20.8 Å². The van der Waals surface area contributed by atoms with Crippen LogP contribution in [0.25, 0.3) is 0 Å². The summed E-state index contributed by atoms with van der Waals surface area (Å²) >= 11 is 3.31. The second-order valence-corrected chi connectivity index (χ2v) is 9.17. The highest BCUT2D eigenvalue weighted by atomic mass is 79.9. The number of nitrogens with zero attached hydrogens (tertiary/aromatic N) is 1. The molecule has 1 saturated heterocycles. The van der Waals surface area contributed by atoms with Crippen molar-refractivity contribution in [2.75, 3.05) is 18.8 Å². The van der Waals surface area contributed by atoms with E-state index in [1.54, 1.807) is 16.4 Å². The number of halogens is 1. The summed E-state index contributed by atoms with van der Waals surface area (Å²) in [7, 11) is -3.48. The fraction of sp³-hybridized carbons (Fsp3) is 0.571. The van der Waals surface area contributed by atoms with Crippen LogP contribution in [0.4, 0.5) is 5.69 Å². The van der Waals surface area contributed by atoms with Gasteiger partial charge in [0.2, 0.25) is 10.0 Å². The Morgan fingerprint density at radius 1 is 1.35 bits per heavy atom. The molecule has 0 spiro atoms. The van der Waals surface area contributed by atoms with Gasteiger partial charge >= 0.3 is 0 Å². The van der Waals surface area contributed by atoms with Gasteiger partial charge in [0.05, 0.1) is 4.90 Å². The van der Waals surface area contributed by atoms with Gasteiger partial charge in [0.25, 0.3) is 0 Å².